The molecule has 0 radical (unpaired) electrons. The van der Waals surface area contributed by atoms with E-state index in [2.05, 4.69) is 42.5 Å². The fraction of sp³-hybridized carbons (Fsp3) is 0.0408. The zero-order chi connectivity index (χ0) is 37.4. The number of nitrogens with zero attached hydrogens (tertiary/aromatic N) is 4. The lowest BCUT2D eigenvalue weighted by molar-refractivity contribution is 0.605. The highest BCUT2D eigenvalue weighted by atomic mass is 16.3. The standard InChI is InChI=1S/C49H33N5O2/c50-46(31-14-4-1-5-15-31)51-44(43-30-35-20-10-11-25-41(35)55-43)36-22-12-21-34(28-36)38-23-13-24-39-40-29-37(26-27-42(40)56-45(38)39)49-53-47(32-16-6-2-7-17-32)52-48(54-49)33-18-8-3-9-19-33/h1-4,6-14,16-30,50H,5,15H2/b50-46?,51-44-. The van der Waals surface area contributed by atoms with Crippen LogP contribution in [0.5, 0.6) is 0 Å². The predicted octanol–water partition coefficient (Wildman–Crippen LogP) is 12.3. The van der Waals surface area contributed by atoms with Crippen LogP contribution in [0.25, 0.3) is 78.2 Å². The Kier molecular flexibility index (Phi) is 8.30. The molecule has 1 aliphatic rings. The summed E-state index contributed by atoms with van der Waals surface area (Å²) in [5.41, 5.74) is 9.26. The average Bonchev–Trinajstić information content (AvgIpc) is 3.88. The van der Waals surface area contributed by atoms with Crippen molar-refractivity contribution in [3.63, 3.8) is 0 Å². The molecular weight excluding hydrogens is 691 g/mol. The van der Waals surface area contributed by atoms with Gasteiger partial charge in [0, 0.05) is 44.0 Å². The minimum absolute atomic E-state index is 0.232. The molecule has 3 heterocycles. The van der Waals surface area contributed by atoms with Crippen LogP contribution in [0.3, 0.4) is 0 Å². The van der Waals surface area contributed by atoms with E-state index in [0.29, 0.717) is 28.9 Å². The van der Waals surface area contributed by atoms with Crippen molar-refractivity contribution < 1.29 is 8.83 Å². The highest BCUT2D eigenvalue weighted by Gasteiger charge is 2.19. The number of nitrogens with one attached hydrogen (secondary N) is 1. The average molecular weight is 724 g/mol. The molecule has 9 aromatic rings. The molecule has 0 amide bonds. The highest BCUT2D eigenvalue weighted by Crippen LogP contribution is 2.38. The number of para-hydroxylation sites is 2. The van der Waals surface area contributed by atoms with E-state index < -0.39 is 0 Å². The third-order valence-electron chi connectivity index (χ3n) is 10.1. The maximum Gasteiger partial charge on any atom is 0.164 e. The minimum atomic E-state index is 0.232. The van der Waals surface area contributed by atoms with Crippen LogP contribution in [0.1, 0.15) is 24.2 Å². The van der Waals surface area contributed by atoms with Crippen molar-refractivity contribution >= 4 is 44.5 Å². The van der Waals surface area contributed by atoms with Crippen LogP contribution in [0, 0.1) is 5.41 Å². The number of fused-ring (bicyclic) bond motifs is 4. The van der Waals surface area contributed by atoms with Crippen LogP contribution in [-0.4, -0.2) is 26.5 Å². The summed E-state index contributed by atoms with van der Waals surface area (Å²) in [6.07, 6.45) is 7.75. The van der Waals surface area contributed by atoms with Crippen molar-refractivity contribution in [2.75, 3.05) is 0 Å². The van der Waals surface area contributed by atoms with Gasteiger partial charge in [0.15, 0.2) is 23.2 Å². The van der Waals surface area contributed by atoms with Gasteiger partial charge in [0.05, 0.1) is 0 Å². The molecule has 1 aliphatic carbocycles. The molecule has 0 saturated carbocycles. The Morgan fingerprint density at radius 2 is 1.27 bits per heavy atom. The first-order chi connectivity index (χ1) is 27.6. The Bertz CT molecular complexity index is 2950. The number of amidine groups is 1. The molecule has 1 N–H and O–H groups in total. The number of aliphatic imine (C=N–C) groups is 1. The molecule has 6 aromatic carbocycles. The molecule has 266 valence electrons. The Morgan fingerprint density at radius 3 is 2.00 bits per heavy atom. The Labute approximate surface area is 322 Å². The van der Waals surface area contributed by atoms with E-state index in [-0.39, 0.29) is 5.84 Å². The van der Waals surface area contributed by atoms with Gasteiger partial charge in [-0.25, -0.2) is 19.9 Å². The quantitative estimate of drug-likeness (QED) is 0.130. The van der Waals surface area contributed by atoms with Crippen molar-refractivity contribution in [1.82, 2.24) is 15.0 Å². The lowest BCUT2D eigenvalue weighted by Gasteiger charge is -2.11. The van der Waals surface area contributed by atoms with Crippen molar-refractivity contribution in [1.29, 1.82) is 5.41 Å². The van der Waals surface area contributed by atoms with E-state index in [9.17, 15) is 0 Å². The highest BCUT2D eigenvalue weighted by molar-refractivity contribution is 6.19. The summed E-state index contributed by atoms with van der Waals surface area (Å²) < 4.78 is 13.0. The number of allylic oxidation sites excluding steroid dienone is 3. The van der Waals surface area contributed by atoms with E-state index in [1.54, 1.807) is 0 Å². The van der Waals surface area contributed by atoms with E-state index in [4.69, 9.17) is 34.2 Å². The number of hydrogen-bond donors (Lipinski definition) is 1. The van der Waals surface area contributed by atoms with E-state index in [0.717, 1.165) is 84.7 Å². The van der Waals surface area contributed by atoms with Gasteiger partial charge in [0.25, 0.3) is 0 Å². The molecule has 0 aliphatic heterocycles. The first kappa shape index (κ1) is 33.1. The predicted molar refractivity (Wildman–Crippen MR) is 225 cm³/mol. The molecule has 0 saturated heterocycles. The van der Waals surface area contributed by atoms with Crippen molar-refractivity contribution in [3.05, 3.63) is 187 Å². The summed E-state index contributed by atoms with van der Waals surface area (Å²) in [6, 6.07) is 50.4. The summed E-state index contributed by atoms with van der Waals surface area (Å²) in [7, 11) is 0. The monoisotopic (exact) mass is 723 g/mol. The van der Waals surface area contributed by atoms with Crippen LogP contribution in [0.15, 0.2) is 189 Å². The second-order valence-corrected chi connectivity index (χ2v) is 13.7. The van der Waals surface area contributed by atoms with Gasteiger partial charge in [-0.1, -0.05) is 133 Å². The largest absolute Gasteiger partial charge is 0.455 e. The van der Waals surface area contributed by atoms with Gasteiger partial charge in [0.2, 0.25) is 0 Å². The minimum Gasteiger partial charge on any atom is -0.455 e. The van der Waals surface area contributed by atoms with Crippen LogP contribution in [0.4, 0.5) is 0 Å². The number of furan rings is 2. The summed E-state index contributed by atoms with van der Waals surface area (Å²) in [5, 5.41) is 11.9. The fourth-order valence-electron chi connectivity index (χ4n) is 7.28. The first-order valence-corrected chi connectivity index (χ1v) is 18.6. The topological polar surface area (TPSA) is 101 Å². The van der Waals surface area contributed by atoms with Crippen LogP contribution >= 0.6 is 0 Å². The van der Waals surface area contributed by atoms with Crippen LogP contribution < -0.4 is 0 Å². The molecule has 56 heavy (non-hydrogen) atoms. The molecule has 0 fully saturated rings. The molecule has 3 aromatic heterocycles. The van der Waals surface area contributed by atoms with E-state index >= 15 is 0 Å². The first-order valence-electron chi connectivity index (χ1n) is 18.6. The fourth-order valence-corrected chi connectivity index (χ4v) is 7.28. The lowest BCUT2D eigenvalue weighted by atomic mass is 9.97. The Balaban J connectivity index is 1.08. The lowest BCUT2D eigenvalue weighted by Crippen LogP contribution is -2.09. The third-order valence-corrected chi connectivity index (χ3v) is 10.1. The molecule has 10 rings (SSSR count). The molecule has 0 spiro atoms. The van der Waals surface area contributed by atoms with Gasteiger partial charge in [0.1, 0.15) is 28.3 Å². The zero-order valence-corrected chi connectivity index (χ0v) is 30.2. The maximum atomic E-state index is 8.97. The second kappa shape index (κ2) is 14.0. The van der Waals surface area contributed by atoms with Crippen LogP contribution in [0.2, 0.25) is 0 Å². The van der Waals surface area contributed by atoms with Crippen molar-refractivity contribution in [3.8, 4) is 45.3 Å². The summed E-state index contributed by atoms with van der Waals surface area (Å²) in [4.78, 5) is 19.7. The Morgan fingerprint density at radius 1 is 0.571 bits per heavy atom. The SMILES string of the molecule is N=C(/N=C(/c1cccc(-c2cccc3c2oc2ccc(-c4nc(-c5ccccc5)nc(-c5ccccc5)n4)cc23)c1)c1cc2ccccc2o1)C1=CC=CCC1. The normalized spacial score (nSPS) is 13.1. The van der Waals surface area contributed by atoms with Crippen molar-refractivity contribution in [2.24, 2.45) is 4.99 Å². The zero-order valence-electron chi connectivity index (χ0n) is 30.2. The molecular formula is C49H33N5O2. The molecule has 7 nitrogen and oxygen atoms in total. The van der Waals surface area contributed by atoms with Gasteiger partial charge in [-0.3, -0.25) is 5.41 Å². The third kappa shape index (κ3) is 6.21. The van der Waals surface area contributed by atoms with Gasteiger partial charge in [-0.05, 0) is 60.4 Å². The molecule has 0 bridgehead atoms. The van der Waals surface area contributed by atoms with Gasteiger partial charge in [-0.2, -0.15) is 0 Å². The summed E-state index contributed by atoms with van der Waals surface area (Å²) in [5.74, 6) is 2.65. The summed E-state index contributed by atoms with van der Waals surface area (Å²) >= 11 is 0. The Hall–Kier alpha value is -7.51. The molecule has 0 unspecified atom stereocenters. The van der Waals surface area contributed by atoms with Crippen LogP contribution in [-0.2, 0) is 0 Å². The second-order valence-electron chi connectivity index (χ2n) is 13.7. The number of benzene rings is 6. The van der Waals surface area contributed by atoms with Gasteiger partial charge in [-0.15, -0.1) is 0 Å². The van der Waals surface area contributed by atoms with Gasteiger partial charge >= 0.3 is 0 Å². The maximum absolute atomic E-state index is 8.97. The summed E-state index contributed by atoms with van der Waals surface area (Å²) in [6.45, 7) is 0. The number of aromatic nitrogens is 3. The smallest absolute Gasteiger partial charge is 0.164 e. The number of hydrogen-bond acceptors (Lipinski definition) is 6. The van der Waals surface area contributed by atoms with E-state index in [1.807, 2.05) is 127 Å². The van der Waals surface area contributed by atoms with Gasteiger partial charge < -0.3 is 8.83 Å². The molecule has 7 heteroatoms. The number of rotatable bonds is 7. The van der Waals surface area contributed by atoms with E-state index in [1.165, 1.54) is 0 Å². The van der Waals surface area contributed by atoms with Crippen molar-refractivity contribution in [2.45, 2.75) is 12.8 Å². The molecule has 0 atom stereocenters.